The van der Waals surface area contributed by atoms with Crippen LogP contribution in [0.3, 0.4) is 0 Å². The van der Waals surface area contributed by atoms with Crippen LogP contribution in [0.4, 0.5) is 5.69 Å². The Morgan fingerprint density at radius 3 is 2.12 bits per heavy atom. The van der Waals surface area contributed by atoms with Crippen LogP contribution in [0.15, 0.2) is 53.0 Å². The molecule has 0 saturated carbocycles. The first-order valence-electron chi connectivity index (χ1n) is 8.18. The highest BCUT2D eigenvalue weighted by Gasteiger charge is 2.10. The average molecular weight is 434 g/mol. The number of thiocarbonyl (C=S) groups is 1. The summed E-state index contributed by atoms with van der Waals surface area (Å²) >= 11 is 8.49. The third-order valence-corrected chi connectivity index (χ3v) is 4.46. The van der Waals surface area contributed by atoms with Gasteiger partial charge in [0.2, 0.25) is 0 Å². The van der Waals surface area contributed by atoms with Gasteiger partial charge in [-0.15, -0.1) is 0 Å². The molecule has 0 radical (unpaired) electrons. The number of benzene rings is 2. The summed E-state index contributed by atoms with van der Waals surface area (Å²) in [5.74, 6) is -0.406. The van der Waals surface area contributed by atoms with Gasteiger partial charge < -0.3 is 10.6 Å². The van der Waals surface area contributed by atoms with E-state index in [4.69, 9.17) is 12.2 Å². The fourth-order valence-electron chi connectivity index (χ4n) is 2.05. The molecule has 0 bridgehead atoms. The van der Waals surface area contributed by atoms with E-state index in [1.807, 2.05) is 13.8 Å². The Kier molecular flexibility index (Phi) is 7.29. The molecule has 0 aliphatic heterocycles. The Bertz CT molecular complexity index is 791. The van der Waals surface area contributed by atoms with Gasteiger partial charge in [-0.1, -0.05) is 22.9 Å². The quantitative estimate of drug-likeness (QED) is 0.620. The van der Waals surface area contributed by atoms with Gasteiger partial charge in [0.25, 0.3) is 11.8 Å². The van der Waals surface area contributed by atoms with Gasteiger partial charge in [-0.2, -0.15) is 0 Å². The van der Waals surface area contributed by atoms with Crippen molar-refractivity contribution in [1.29, 1.82) is 0 Å². The third kappa shape index (κ3) is 5.93. The molecule has 1 atom stereocenters. The number of halogens is 1. The predicted octanol–water partition coefficient (Wildman–Crippen LogP) is 4.10. The number of amides is 2. The van der Waals surface area contributed by atoms with Gasteiger partial charge in [0.05, 0.1) is 0 Å². The van der Waals surface area contributed by atoms with Crippen LogP contribution >= 0.6 is 28.1 Å². The Morgan fingerprint density at radius 1 is 1.00 bits per heavy atom. The van der Waals surface area contributed by atoms with Crippen LogP contribution in [0.1, 0.15) is 41.0 Å². The molecule has 0 aliphatic carbocycles. The number of carbonyl (C=O) groups excluding carboxylic acids is 2. The lowest BCUT2D eigenvalue weighted by Crippen LogP contribution is -2.34. The van der Waals surface area contributed by atoms with Crippen molar-refractivity contribution < 1.29 is 9.59 Å². The Labute approximate surface area is 166 Å². The van der Waals surface area contributed by atoms with E-state index in [-0.39, 0.29) is 23.0 Å². The molecule has 7 heteroatoms. The number of nitrogens with one attached hydrogen (secondary N) is 3. The first-order chi connectivity index (χ1) is 12.4. The van der Waals surface area contributed by atoms with Gasteiger partial charge in [0.1, 0.15) is 0 Å². The molecule has 0 spiro atoms. The van der Waals surface area contributed by atoms with Crippen molar-refractivity contribution in [3.8, 4) is 0 Å². The van der Waals surface area contributed by atoms with E-state index in [1.54, 1.807) is 48.5 Å². The van der Waals surface area contributed by atoms with Crippen molar-refractivity contribution in [3.05, 3.63) is 64.1 Å². The van der Waals surface area contributed by atoms with Crippen LogP contribution in [0, 0.1) is 0 Å². The van der Waals surface area contributed by atoms with Gasteiger partial charge in [0.15, 0.2) is 5.11 Å². The minimum Gasteiger partial charge on any atom is -0.350 e. The van der Waals surface area contributed by atoms with Crippen LogP contribution < -0.4 is 16.0 Å². The number of hydrogen-bond donors (Lipinski definition) is 3. The topological polar surface area (TPSA) is 70.2 Å². The monoisotopic (exact) mass is 433 g/mol. The standard InChI is InChI=1S/C19H20BrN3O2S/c1-3-12(2)21-17(24)14-6-10-16(11-7-14)22-19(26)23-18(25)13-4-8-15(20)9-5-13/h4-12H,3H2,1-2H3,(H,21,24)(H2,22,23,25,26). The zero-order valence-corrected chi connectivity index (χ0v) is 16.9. The fourth-order valence-corrected chi connectivity index (χ4v) is 2.53. The summed E-state index contributed by atoms with van der Waals surface area (Å²) < 4.78 is 0.896. The molecule has 3 N–H and O–H groups in total. The van der Waals surface area contributed by atoms with E-state index in [0.717, 1.165) is 10.9 Å². The zero-order chi connectivity index (χ0) is 19.1. The van der Waals surface area contributed by atoms with Crippen molar-refractivity contribution >= 4 is 50.8 Å². The van der Waals surface area contributed by atoms with Crippen molar-refractivity contribution in [3.63, 3.8) is 0 Å². The second kappa shape index (κ2) is 9.45. The lowest BCUT2D eigenvalue weighted by molar-refractivity contribution is 0.0937. The highest BCUT2D eigenvalue weighted by Crippen LogP contribution is 2.12. The van der Waals surface area contributed by atoms with E-state index in [2.05, 4.69) is 31.9 Å². The molecule has 1 unspecified atom stereocenters. The SMILES string of the molecule is CCC(C)NC(=O)c1ccc(NC(=S)NC(=O)c2ccc(Br)cc2)cc1. The summed E-state index contributed by atoms with van der Waals surface area (Å²) in [6.07, 6.45) is 0.873. The van der Waals surface area contributed by atoms with Crippen LogP contribution in [0.5, 0.6) is 0 Å². The second-order valence-electron chi connectivity index (χ2n) is 5.78. The van der Waals surface area contributed by atoms with E-state index in [0.29, 0.717) is 16.8 Å². The van der Waals surface area contributed by atoms with Crippen molar-refractivity contribution in [1.82, 2.24) is 10.6 Å². The first-order valence-corrected chi connectivity index (χ1v) is 9.38. The summed E-state index contributed by atoms with van der Waals surface area (Å²) in [5.41, 5.74) is 1.77. The number of rotatable bonds is 5. The molecule has 0 aromatic heterocycles. The van der Waals surface area contributed by atoms with Crippen LogP contribution in [0.25, 0.3) is 0 Å². The van der Waals surface area contributed by atoms with E-state index >= 15 is 0 Å². The summed E-state index contributed by atoms with van der Waals surface area (Å²) in [5, 5.41) is 8.65. The molecule has 0 heterocycles. The summed E-state index contributed by atoms with van der Waals surface area (Å²) in [4.78, 5) is 24.2. The number of anilines is 1. The third-order valence-electron chi connectivity index (χ3n) is 3.73. The van der Waals surface area contributed by atoms with Crippen LogP contribution in [-0.2, 0) is 0 Å². The minimum atomic E-state index is -0.292. The minimum absolute atomic E-state index is 0.114. The van der Waals surface area contributed by atoms with Gasteiger partial charge in [-0.25, -0.2) is 0 Å². The fraction of sp³-hybridized carbons (Fsp3) is 0.211. The normalized spacial score (nSPS) is 11.3. The average Bonchev–Trinajstić information content (AvgIpc) is 2.62. The number of hydrogen-bond acceptors (Lipinski definition) is 3. The molecule has 0 aliphatic rings. The molecule has 2 amide bonds. The highest BCUT2D eigenvalue weighted by atomic mass is 79.9. The first kappa shape index (κ1) is 20.1. The molecule has 0 saturated heterocycles. The summed E-state index contributed by atoms with van der Waals surface area (Å²) in [7, 11) is 0. The molecule has 2 rings (SSSR count). The Balaban J connectivity index is 1.91. The maximum Gasteiger partial charge on any atom is 0.257 e. The van der Waals surface area contributed by atoms with E-state index < -0.39 is 0 Å². The molecular formula is C19H20BrN3O2S. The van der Waals surface area contributed by atoms with Crippen molar-refractivity contribution in [2.45, 2.75) is 26.3 Å². The summed E-state index contributed by atoms with van der Waals surface area (Å²) in [6, 6.07) is 14.0. The zero-order valence-electron chi connectivity index (χ0n) is 14.5. The maximum absolute atomic E-state index is 12.1. The molecule has 2 aromatic rings. The molecule has 136 valence electrons. The molecular weight excluding hydrogens is 414 g/mol. The van der Waals surface area contributed by atoms with Crippen LogP contribution in [0.2, 0.25) is 0 Å². The van der Waals surface area contributed by atoms with E-state index in [9.17, 15) is 9.59 Å². The summed E-state index contributed by atoms with van der Waals surface area (Å²) in [6.45, 7) is 3.97. The molecule has 2 aromatic carbocycles. The molecule has 5 nitrogen and oxygen atoms in total. The van der Waals surface area contributed by atoms with Gasteiger partial charge >= 0.3 is 0 Å². The van der Waals surface area contributed by atoms with Crippen molar-refractivity contribution in [2.75, 3.05) is 5.32 Å². The van der Waals surface area contributed by atoms with Gasteiger partial charge in [0, 0.05) is 27.3 Å². The predicted molar refractivity (Wildman–Crippen MR) is 111 cm³/mol. The largest absolute Gasteiger partial charge is 0.350 e. The molecule has 0 fully saturated rings. The highest BCUT2D eigenvalue weighted by molar-refractivity contribution is 9.10. The van der Waals surface area contributed by atoms with Gasteiger partial charge in [-0.3, -0.25) is 14.9 Å². The molecule has 26 heavy (non-hydrogen) atoms. The van der Waals surface area contributed by atoms with Crippen LogP contribution in [-0.4, -0.2) is 23.0 Å². The lowest BCUT2D eigenvalue weighted by Gasteiger charge is -2.12. The van der Waals surface area contributed by atoms with Gasteiger partial charge in [-0.05, 0) is 74.1 Å². The Morgan fingerprint density at radius 2 is 1.54 bits per heavy atom. The smallest absolute Gasteiger partial charge is 0.257 e. The van der Waals surface area contributed by atoms with E-state index in [1.165, 1.54) is 0 Å². The second-order valence-corrected chi connectivity index (χ2v) is 7.10. The maximum atomic E-state index is 12.1. The number of carbonyl (C=O) groups is 2. The lowest BCUT2D eigenvalue weighted by atomic mass is 10.1. The Hall–Kier alpha value is -2.25. The van der Waals surface area contributed by atoms with Crippen molar-refractivity contribution in [2.24, 2.45) is 0 Å².